The zero-order valence-corrected chi connectivity index (χ0v) is 18.6. The van der Waals surface area contributed by atoms with Crippen molar-refractivity contribution in [2.45, 2.75) is 18.5 Å². The first-order chi connectivity index (χ1) is 15.9. The fraction of sp³-hybridized carbons (Fsp3) is 0.348. The number of carbonyl (C=O) groups excluding carboxylic acids is 3. The summed E-state index contributed by atoms with van der Waals surface area (Å²) < 4.78 is 21.6. The predicted molar refractivity (Wildman–Crippen MR) is 116 cm³/mol. The van der Waals surface area contributed by atoms with Gasteiger partial charge in [-0.2, -0.15) is 0 Å². The highest BCUT2D eigenvalue weighted by molar-refractivity contribution is 6.09. The standard InChI is InChI=1S/C23H25N3O7/c1-30-17-11-19(32-3)18(31-2)10-14(17)12-24-20(27)13-26-21(28)23(25-22(26)29)8-9-33-16-7-5-4-6-15(16)23/h4-7,10-11H,8-9,12-13H2,1-3H3,(H,24,27)(H,25,29). The summed E-state index contributed by atoms with van der Waals surface area (Å²) in [5, 5.41) is 5.50. The van der Waals surface area contributed by atoms with Crippen molar-refractivity contribution < 1.29 is 33.3 Å². The molecule has 4 amide bonds. The van der Waals surface area contributed by atoms with Crippen LogP contribution in [-0.2, 0) is 21.7 Å². The van der Waals surface area contributed by atoms with E-state index < -0.39 is 29.9 Å². The molecule has 2 aliphatic heterocycles. The van der Waals surface area contributed by atoms with Crippen LogP contribution in [0.15, 0.2) is 36.4 Å². The number of urea groups is 1. The van der Waals surface area contributed by atoms with Crippen molar-refractivity contribution in [3.63, 3.8) is 0 Å². The molecule has 2 aromatic carbocycles. The molecule has 2 aromatic rings. The van der Waals surface area contributed by atoms with Crippen LogP contribution >= 0.6 is 0 Å². The third-order valence-corrected chi connectivity index (χ3v) is 5.82. The van der Waals surface area contributed by atoms with Gasteiger partial charge in [-0.3, -0.25) is 14.5 Å². The number of rotatable bonds is 7. The molecule has 0 bridgehead atoms. The largest absolute Gasteiger partial charge is 0.496 e. The first-order valence-corrected chi connectivity index (χ1v) is 10.4. The van der Waals surface area contributed by atoms with Crippen LogP contribution in [0.1, 0.15) is 17.5 Å². The number of hydrogen-bond donors (Lipinski definition) is 2. The Kier molecular flexibility index (Phi) is 5.99. The van der Waals surface area contributed by atoms with Gasteiger partial charge in [-0.05, 0) is 12.1 Å². The van der Waals surface area contributed by atoms with E-state index in [-0.39, 0.29) is 19.6 Å². The van der Waals surface area contributed by atoms with Gasteiger partial charge in [0.05, 0.1) is 27.9 Å². The fourth-order valence-corrected chi connectivity index (χ4v) is 4.14. The van der Waals surface area contributed by atoms with E-state index >= 15 is 0 Å². The summed E-state index contributed by atoms with van der Waals surface area (Å²) >= 11 is 0. The van der Waals surface area contributed by atoms with E-state index in [9.17, 15) is 14.4 Å². The lowest BCUT2D eigenvalue weighted by Gasteiger charge is -2.33. The van der Waals surface area contributed by atoms with E-state index in [4.69, 9.17) is 18.9 Å². The van der Waals surface area contributed by atoms with Crippen LogP contribution in [0.3, 0.4) is 0 Å². The first-order valence-electron chi connectivity index (χ1n) is 10.4. The summed E-state index contributed by atoms with van der Waals surface area (Å²) in [5.74, 6) is 1.06. The second-order valence-corrected chi connectivity index (χ2v) is 7.62. The number of carbonyl (C=O) groups is 3. The Balaban J connectivity index is 1.47. The average molecular weight is 455 g/mol. The molecule has 33 heavy (non-hydrogen) atoms. The first kappa shape index (κ1) is 22.3. The molecule has 2 N–H and O–H groups in total. The number of benzene rings is 2. The average Bonchev–Trinajstić information content (AvgIpc) is 3.06. The number of nitrogens with one attached hydrogen (secondary N) is 2. The van der Waals surface area contributed by atoms with Crippen LogP contribution < -0.4 is 29.6 Å². The highest BCUT2D eigenvalue weighted by Gasteiger charge is 2.55. The summed E-state index contributed by atoms with van der Waals surface area (Å²) in [4.78, 5) is 39.5. The van der Waals surface area contributed by atoms with Crippen molar-refractivity contribution in [3.05, 3.63) is 47.5 Å². The molecule has 0 radical (unpaired) electrons. The monoisotopic (exact) mass is 455 g/mol. The van der Waals surface area contributed by atoms with Crippen LogP contribution in [0.25, 0.3) is 0 Å². The molecule has 1 spiro atoms. The highest BCUT2D eigenvalue weighted by Crippen LogP contribution is 2.41. The molecule has 2 heterocycles. The molecule has 4 rings (SSSR count). The van der Waals surface area contributed by atoms with Crippen molar-refractivity contribution in [2.75, 3.05) is 34.5 Å². The quantitative estimate of drug-likeness (QED) is 0.609. The van der Waals surface area contributed by atoms with Gasteiger partial charge in [0.2, 0.25) is 5.91 Å². The second-order valence-electron chi connectivity index (χ2n) is 7.62. The Morgan fingerprint density at radius 3 is 2.52 bits per heavy atom. The Morgan fingerprint density at radius 1 is 1.09 bits per heavy atom. The van der Waals surface area contributed by atoms with Crippen molar-refractivity contribution in [3.8, 4) is 23.0 Å². The van der Waals surface area contributed by atoms with Gasteiger partial charge in [-0.25, -0.2) is 4.79 Å². The van der Waals surface area contributed by atoms with Crippen LogP contribution in [0.4, 0.5) is 4.79 Å². The molecule has 0 aromatic heterocycles. The zero-order valence-electron chi connectivity index (χ0n) is 18.6. The number of nitrogens with zero attached hydrogens (tertiary/aromatic N) is 1. The van der Waals surface area contributed by atoms with Crippen molar-refractivity contribution in [2.24, 2.45) is 0 Å². The third-order valence-electron chi connectivity index (χ3n) is 5.82. The number of hydrogen-bond acceptors (Lipinski definition) is 7. The minimum Gasteiger partial charge on any atom is -0.496 e. The van der Waals surface area contributed by atoms with Crippen LogP contribution in [-0.4, -0.2) is 57.2 Å². The van der Waals surface area contributed by atoms with E-state index in [0.29, 0.717) is 34.1 Å². The lowest BCUT2D eigenvalue weighted by molar-refractivity contribution is -0.136. The topological polar surface area (TPSA) is 115 Å². The van der Waals surface area contributed by atoms with Crippen LogP contribution in [0.2, 0.25) is 0 Å². The smallest absolute Gasteiger partial charge is 0.325 e. The molecule has 174 valence electrons. The van der Waals surface area contributed by atoms with E-state index in [1.807, 2.05) is 0 Å². The maximum atomic E-state index is 13.3. The van der Waals surface area contributed by atoms with Gasteiger partial charge >= 0.3 is 6.03 Å². The van der Waals surface area contributed by atoms with Gasteiger partial charge in [-0.1, -0.05) is 18.2 Å². The predicted octanol–water partition coefficient (Wildman–Crippen LogP) is 1.56. The van der Waals surface area contributed by atoms with Crippen molar-refractivity contribution in [1.82, 2.24) is 15.5 Å². The van der Waals surface area contributed by atoms with Crippen molar-refractivity contribution in [1.29, 1.82) is 0 Å². The number of fused-ring (bicyclic) bond motifs is 2. The zero-order chi connectivity index (χ0) is 23.6. The third kappa shape index (κ3) is 3.88. The van der Waals surface area contributed by atoms with Gasteiger partial charge in [-0.15, -0.1) is 0 Å². The summed E-state index contributed by atoms with van der Waals surface area (Å²) in [6.45, 7) is -0.0267. The summed E-state index contributed by atoms with van der Waals surface area (Å²) in [6, 6.07) is 9.81. The molecule has 0 saturated carbocycles. The summed E-state index contributed by atoms with van der Waals surface area (Å²) in [5.41, 5.74) is 0.0155. The van der Waals surface area contributed by atoms with Gasteiger partial charge in [0.25, 0.3) is 5.91 Å². The molecule has 1 unspecified atom stereocenters. The van der Waals surface area contributed by atoms with E-state index in [1.54, 1.807) is 36.4 Å². The van der Waals surface area contributed by atoms with Gasteiger partial charge in [0, 0.05) is 30.2 Å². The molecular formula is C23H25N3O7. The summed E-state index contributed by atoms with van der Waals surface area (Å²) in [6.07, 6.45) is 0.287. The minimum atomic E-state index is -1.22. The number of ether oxygens (including phenoxy) is 4. The van der Waals surface area contributed by atoms with Gasteiger partial charge < -0.3 is 29.6 Å². The maximum Gasteiger partial charge on any atom is 0.325 e. The molecule has 1 atom stereocenters. The lowest BCUT2D eigenvalue weighted by Crippen LogP contribution is -2.48. The lowest BCUT2D eigenvalue weighted by atomic mass is 9.84. The number of methoxy groups -OCH3 is 3. The highest BCUT2D eigenvalue weighted by atomic mass is 16.5. The Labute approximate surface area is 190 Å². The maximum absolute atomic E-state index is 13.3. The Hall–Kier alpha value is -3.95. The van der Waals surface area contributed by atoms with Crippen molar-refractivity contribution >= 4 is 17.8 Å². The molecule has 0 aliphatic carbocycles. The molecule has 1 saturated heterocycles. The van der Waals surface area contributed by atoms with E-state index in [2.05, 4.69) is 10.6 Å². The van der Waals surface area contributed by atoms with Crippen LogP contribution in [0.5, 0.6) is 23.0 Å². The van der Waals surface area contributed by atoms with Gasteiger partial charge in [0.1, 0.15) is 18.0 Å². The fourth-order valence-electron chi connectivity index (χ4n) is 4.14. The van der Waals surface area contributed by atoms with E-state index in [0.717, 1.165) is 4.90 Å². The summed E-state index contributed by atoms with van der Waals surface area (Å²) in [7, 11) is 4.53. The SMILES string of the molecule is COc1cc(OC)c(OC)cc1CNC(=O)CN1C(=O)NC2(CCOc3ccccc32)C1=O. The Morgan fingerprint density at radius 2 is 1.79 bits per heavy atom. The minimum absolute atomic E-state index is 0.105. The molecule has 10 heteroatoms. The second kappa shape index (κ2) is 8.89. The van der Waals surface area contributed by atoms with Crippen LogP contribution in [0, 0.1) is 0 Å². The molecular weight excluding hydrogens is 430 g/mol. The van der Waals surface area contributed by atoms with E-state index in [1.165, 1.54) is 21.3 Å². The number of imide groups is 1. The molecule has 10 nitrogen and oxygen atoms in total. The normalized spacial score (nSPS) is 18.9. The Bertz CT molecular complexity index is 1100. The number of para-hydroxylation sites is 1. The van der Waals surface area contributed by atoms with Gasteiger partial charge in [0.15, 0.2) is 17.0 Å². The number of amides is 4. The molecule has 2 aliphatic rings. The molecule has 1 fully saturated rings.